The van der Waals surface area contributed by atoms with Crippen LogP contribution in [0.2, 0.25) is 15.1 Å². The number of carbonyl (C=O) groups excluding carboxylic acids is 2. The van der Waals surface area contributed by atoms with E-state index in [9.17, 15) is 9.59 Å². The molecule has 0 aliphatic carbocycles. The van der Waals surface area contributed by atoms with Gasteiger partial charge in [0.05, 0.1) is 15.8 Å². The molecule has 0 spiro atoms. The molecule has 2 aromatic carbocycles. The van der Waals surface area contributed by atoms with Crippen molar-refractivity contribution >= 4 is 58.4 Å². The van der Waals surface area contributed by atoms with Gasteiger partial charge in [0.15, 0.2) is 0 Å². The molecule has 0 aromatic heterocycles. The zero-order chi connectivity index (χ0) is 20.7. The third-order valence-corrected chi connectivity index (χ3v) is 6.13. The van der Waals surface area contributed by atoms with Gasteiger partial charge in [0, 0.05) is 23.5 Å². The van der Waals surface area contributed by atoms with E-state index in [1.54, 1.807) is 42.3 Å². The lowest BCUT2D eigenvalue weighted by Crippen LogP contribution is -2.48. The highest BCUT2D eigenvalue weighted by Gasteiger charge is 2.28. The van der Waals surface area contributed by atoms with Crippen LogP contribution in [0.5, 0.6) is 0 Å². The Kier molecular flexibility index (Phi) is 8.96. The van der Waals surface area contributed by atoms with E-state index in [2.05, 4.69) is 5.32 Å². The molecular formula is C20H21Cl3N2O2S. The van der Waals surface area contributed by atoms with Crippen LogP contribution < -0.4 is 5.32 Å². The van der Waals surface area contributed by atoms with Crippen molar-refractivity contribution in [2.45, 2.75) is 30.8 Å². The van der Waals surface area contributed by atoms with Crippen molar-refractivity contribution in [1.29, 1.82) is 0 Å². The summed E-state index contributed by atoms with van der Waals surface area (Å²) in [5, 5.41) is 4.13. The van der Waals surface area contributed by atoms with Crippen LogP contribution in [0.3, 0.4) is 0 Å². The SMILES string of the molecule is CC[C@@H](C(=O)NC)N(Cc1ccc(Cl)c(Cl)c1)C(=O)CSc1ccc(Cl)cc1. The molecule has 0 heterocycles. The van der Waals surface area contributed by atoms with Crippen LogP contribution in [0.25, 0.3) is 0 Å². The first-order chi connectivity index (χ1) is 13.3. The van der Waals surface area contributed by atoms with Gasteiger partial charge in [0.2, 0.25) is 11.8 Å². The molecule has 2 amide bonds. The molecule has 1 atom stereocenters. The Bertz CT molecular complexity index is 831. The largest absolute Gasteiger partial charge is 0.357 e. The minimum Gasteiger partial charge on any atom is -0.357 e. The molecule has 0 aliphatic heterocycles. The highest BCUT2D eigenvalue weighted by Crippen LogP contribution is 2.25. The van der Waals surface area contributed by atoms with Crippen LogP contribution in [-0.4, -0.2) is 35.6 Å². The summed E-state index contributed by atoms with van der Waals surface area (Å²) in [6.45, 7) is 2.14. The lowest BCUT2D eigenvalue weighted by molar-refractivity contribution is -0.139. The molecule has 0 unspecified atom stereocenters. The number of nitrogens with one attached hydrogen (secondary N) is 1. The van der Waals surface area contributed by atoms with Gasteiger partial charge in [-0.05, 0) is 48.4 Å². The fourth-order valence-electron chi connectivity index (χ4n) is 2.68. The normalized spacial score (nSPS) is 11.8. The molecule has 28 heavy (non-hydrogen) atoms. The first kappa shape index (κ1) is 22.9. The first-order valence-corrected chi connectivity index (χ1v) is 10.8. The Hall–Kier alpha value is -1.40. The van der Waals surface area contributed by atoms with Gasteiger partial charge in [0.1, 0.15) is 6.04 Å². The minimum absolute atomic E-state index is 0.138. The second kappa shape index (κ2) is 11.0. The Morgan fingerprint density at radius 3 is 2.32 bits per heavy atom. The van der Waals surface area contributed by atoms with Crippen molar-refractivity contribution in [2.75, 3.05) is 12.8 Å². The molecule has 4 nitrogen and oxygen atoms in total. The van der Waals surface area contributed by atoms with Crippen LogP contribution in [0.4, 0.5) is 0 Å². The molecule has 2 aromatic rings. The fourth-order valence-corrected chi connectivity index (χ4v) is 3.91. The molecule has 1 N–H and O–H groups in total. The van der Waals surface area contributed by atoms with Crippen molar-refractivity contribution < 1.29 is 9.59 Å². The lowest BCUT2D eigenvalue weighted by atomic mass is 10.1. The number of thioether (sulfide) groups is 1. The average molecular weight is 460 g/mol. The van der Waals surface area contributed by atoms with E-state index in [-0.39, 0.29) is 24.1 Å². The maximum absolute atomic E-state index is 13.0. The molecule has 0 aliphatic rings. The van der Waals surface area contributed by atoms with E-state index < -0.39 is 6.04 Å². The predicted molar refractivity (Wildman–Crippen MR) is 117 cm³/mol. The summed E-state index contributed by atoms with van der Waals surface area (Å²) >= 11 is 19.4. The van der Waals surface area contributed by atoms with E-state index in [1.165, 1.54) is 11.8 Å². The topological polar surface area (TPSA) is 49.4 Å². The molecule has 0 radical (unpaired) electrons. The number of hydrogen-bond donors (Lipinski definition) is 1. The molecule has 0 saturated heterocycles. The zero-order valence-electron chi connectivity index (χ0n) is 15.5. The van der Waals surface area contributed by atoms with Crippen molar-refractivity contribution in [3.05, 3.63) is 63.1 Å². The number of carbonyl (C=O) groups is 2. The smallest absolute Gasteiger partial charge is 0.242 e. The monoisotopic (exact) mass is 458 g/mol. The summed E-state index contributed by atoms with van der Waals surface area (Å²) in [6, 6.07) is 11.9. The number of amides is 2. The Labute approximate surface area is 184 Å². The Balaban J connectivity index is 2.20. The fraction of sp³-hybridized carbons (Fsp3) is 0.300. The quantitative estimate of drug-likeness (QED) is 0.545. The maximum atomic E-state index is 13.0. The summed E-state index contributed by atoms with van der Waals surface area (Å²) in [7, 11) is 1.56. The van der Waals surface area contributed by atoms with Crippen LogP contribution in [-0.2, 0) is 16.1 Å². The van der Waals surface area contributed by atoms with Gasteiger partial charge in [-0.15, -0.1) is 11.8 Å². The van der Waals surface area contributed by atoms with E-state index in [4.69, 9.17) is 34.8 Å². The molecule has 0 bridgehead atoms. The summed E-state index contributed by atoms with van der Waals surface area (Å²) in [5.41, 5.74) is 0.807. The number of benzene rings is 2. The van der Waals surface area contributed by atoms with Gasteiger partial charge in [-0.25, -0.2) is 0 Å². The van der Waals surface area contributed by atoms with E-state index in [0.717, 1.165) is 10.5 Å². The van der Waals surface area contributed by atoms with E-state index in [0.29, 0.717) is 21.5 Å². The van der Waals surface area contributed by atoms with Gasteiger partial charge in [0.25, 0.3) is 0 Å². The molecular weight excluding hydrogens is 439 g/mol. The second-order valence-corrected chi connectivity index (χ2v) is 8.35. The molecule has 0 saturated carbocycles. The van der Waals surface area contributed by atoms with Crippen LogP contribution >= 0.6 is 46.6 Å². The van der Waals surface area contributed by atoms with Gasteiger partial charge < -0.3 is 10.2 Å². The lowest BCUT2D eigenvalue weighted by Gasteiger charge is -2.30. The number of likely N-dealkylation sites (N-methyl/N-ethyl adjacent to an activating group) is 1. The third kappa shape index (κ3) is 6.31. The van der Waals surface area contributed by atoms with Gasteiger partial charge in [-0.2, -0.15) is 0 Å². The number of nitrogens with zero attached hydrogens (tertiary/aromatic N) is 1. The standard InChI is InChI=1S/C20H21Cl3N2O2S/c1-3-18(20(27)24-2)25(11-13-4-9-16(22)17(23)10-13)19(26)12-28-15-7-5-14(21)6-8-15/h4-10,18H,3,11-12H2,1-2H3,(H,24,27)/t18-/m0/s1. The average Bonchev–Trinajstić information content (AvgIpc) is 2.69. The Morgan fingerprint density at radius 1 is 1.07 bits per heavy atom. The number of halogens is 3. The maximum Gasteiger partial charge on any atom is 0.242 e. The van der Waals surface area contributed by atoms with E-state index in [1.807, 2.05) is 19.1 Å². The van der Waals surface area contributed by atoms with Gasteiger partial charge in [-0.1, -0.05) is 47.8 Å². The summed E-state index contributed by atoms with van der Waals surface area (Å²) in [4.78, 5) is 27.9. The highest BCUT2D eigenvalue weighted by atomic mass is 35.5. The molecule has 150 valence electrons. The van der Waals surface area contributed by atoms with Gasteiger partial charge >= 0.3 is 0 Å². The van der Waals surface area contributed by atoms with Crippen LogP contribution in [0.15, 0.2) is 47.4 Å². The number of rotatable bonds is 8. The number of hydrogen-bond acceptors (Lipinski definition) is 3. The molecule has 2 rings (SSSR count). The summed E-state index contributed by atoms with van der Waals surface area (Å²) in [6.07, 6.45) is 0.498. The first-order valence-electron chi connectivity index (χ1n) is 8.69. The van der Waals surface area contributed by atoms with Crippen molar-refractivity contribution in [3.63, 3.8) is 0 Å². The predicted octanol–water partition coefficient (Wildman–Crippen LogP) is 5.29. The summed E-state index contributed by atoms with van der Waals surface area (Å²) < 4.78 is 0. The second-order valence-electron chi connectivity index (χ2n) is 6.05. The van der Waals surface area contributed by atoms with Crippen LogP contribution in [0, 0.1) is 0 Å². The highest BCUT2D eigenvalue weighted by molar-refractivity contribution is 8.00. The third-order valence-electron chi connectivity index (χ3n) is 4.15. The van der Waals surface area contributed by atoms with Crippen molar-refractivity contribution in [3.8, 4) is 0 Å². The molecule has 0 fully saturated rings. The van der Waals surface area contributed by atoms with Crippen molar-refractivity contribution in [1.82, 2.24) is 10.2 Å². The minimum atomic E-state index is -0.572. The van der Waals surface area contributed by atoms with Gasteiger partial charge in [-0.3, -0.25) is 9.59 Å². The van der Waals surface area contributed by atoms with E-state index >= 15 is 0 Å². The van der Waals surface area contributed by atoms with Crippen LogP contribution in [0.1, 0.15) is 18.9 Å². The zero-order valence-corrected chi connectivity index (χ0v) is 18.6. The Morgan fingerprint density at radius 2 is 1.75 bits per heavy atom. The summed E-state index contributed by atoms with van der Waals surface area (Å²) in [5.74, 6) is -0.134. The van der Waals surface area contributed by atoms with Crippen molar-refractivity contribution in [2.24, 2.45) is 0 Å². The molecule has 8 heteroatoms.